The van der Waals surface area contributed by atoms with Gasteiger partial charge in [0.2, 0.25) is 15.2 Å². The number of hydrogen-bond donors (Lipinski definition) is 0. The third kappa shape index (κ3) is 4.29. The van der Waals surface area contributed by atoms with E-state index in [-0.39, 0.29) is 9.92 Å². The first-order valence-electron chi connectivity index (χ1n) is 7.93. The molecule has 1 aliphatic heterocycles. The quantitative estimate of drug-likeness (QED) is 0.692. The van der Waals surface area contributed by atoms with Crippen molar-refractivity contribution in [3.05, 3.63) is 34.1 Å². The molecule has 1 aromatic carbocycles. The van der Waals surface area contributed by atoms with Crippen LogP contribution in [0, 0.1) is 0 Å². The fourth-order valence-electron chi connectivity index (χ4n) is 2.57. The smallest absolute Gasteiger partial charge is 0.243 e. The lowest BCUT2D eigenvalue weighted by Gasteiger charge is -2.33. The summed E-state index contributed by atoms with van der Waals surface area (Å²) >= 11 is 13.1. The molecular formula is C15H18Cl2N4O3S2. The van der Waals surface area contributed by atoms with Crippen molar-refractivity contribution >= 4 is 49.9 Å². The molecule has 3 rings (SSSR count). The molecule has 1 fully saturated rings. The summed E-state index contributed by atoms with van der Waals surface area (Å²) in [6, 6.07) is 4.36. The third-order valence-electron chi connectivity index (χ3n) is 4.03. The molecule has 1 saturated heterocycles. The van der Waals surface area contributed by atoms with Gasteiger partial charge in [-0.3, -0.25) is 0 Å². The Hall–Kier alpha value is -0.970. The average molecular weight is 437 g/mol. The van der Waals surface area contributed by atoms with Crippen molar-refractivity contribution in [2.75, 3.05) is 44.8 Å². The van der Waals surface area contributed by atoms with Gasteiger partial charge < -0.3 is 9.64 Å². The maximum absolute atomic E-state index is 12.8. The van der Waals surface area contributed by atoms with Crippen LogP contribution < -0.4 is 4.90 Å². The molecule has 2 heterocycles. The fourth-order valence-corrected chi connectivity index (χ4v) is 5.15. The van der Waals surface area contributed by atoms with Crippen LogP contribution in [0.4, 0.5) is 5.13 Å². The topological polar surface area (TPSA) is 75.6 Å². The Kier molecular flexibility index (Phi) is 6.37. The number of halogens is 2. The van der Waals surface area contributed by atoms with E-state index in [9.17, 15) is 8.42 Å². The molecule has 0 radical (unpaired) electrons. The van der Waals surface area contributed by atoms with E-state index >= 15 is 0 Å². The SMILES string of the molecule is COCCc1nsc(N2CCN(S(=O)(=O)c3ccc(Cl)c(Cl)c3)CC2)n1. The molecule has 0 amide bonds. The summed E-state index contributed by atoms with van der Waals surface area (Å²) in [6.07, 6.45) is 0.665. The summed E-state index contributed by atoms with van der Waals surface area (Å²) < 4.78 is 36.4. The van der Waals surface area contributed by atoms with E-state index in [1.807, 2.05) is 0 Å². The zero-order chi connectivity index (χ0) is 18.7. The van der Waals surface area contributed by atoms with E-state index in [1.54, 1.807) is 7.11 Å². The van der Waals surface area contributed by atoms with Crippen LogP contribution in [0.3, 0.4) is 0 Å². The van der Waals surface area contributed by atoms with Crippen LogP contribution in [0.2, 0.25) is 10.0 Å². The highest BCUT2D eigenvalue weighted by Crippen LogP contribution is 2.27. The van der Waals surface area contributed by atoms with Gasteiger partial charge in [-0.15, -0.1) is 0 Å². The van der Waals surface area contributed by atoms with Crippen molar-refractivity contribution in [2.45, 2.75) is 11.3 Å². The summed E-state index contributed by atoms with van der Waals surface area (Å²) in [5.74, 6) is 0.748. The minimum atomic E-state index is -3.60. The molecule has 0 N–H and O–H groups in total. The lowest BCUT2D eigenvalue weighted by Crippen LogP contribution is -2.48. The van der Waals surface area contributed by atoms with Gasteiger partial charge >= 0.3 is 0 Å². The summed E-state index contributed by atoms with van der Waals surface area (Å²) in [5, 5.41) is 1.36. The van der Waals surface area contributed by atoms with E-state index in [1.165, 1.54) is 34.0 Å². The van der Waals surface area contributed by atoms with E-state index < -0.39 is 10.0 Å². The number of nitrogens with zero attached hydrogens (tertiary/aromatic N) is 4. The van der Waals surface area contributed by atoms with E-state index in [2.05, 4.69) is 14.3 Å². The predicted octanol–water partition coefficient (Wildman–Crippen LogP) is 2.54. The predicted molar refractivity (Wildman–Crippen MR) is 103 cm³/mol. The van der Waals surface area contributed by atoms with E-state index in [0.717, 1.165) is 11.0 Å². The molecule has 142 valence electrons. The number of rotatable bonds is 6. The second-order valence-electron chi connectivity index (χ2n) is 5.70. The van der Waals surface area contributed by atoms with Crippen molar-refractivity contribution < 1.29 is 13.2 Å². The Morgan fingerprint density at radius 3 is 2.58 bits per heavy atom. The first-order chi connectivity index (χ1) is 12.4. The summed E-state index contributed by atoms with van der Waals surface area (Å²) in [5.41, 5.74) is 0. The normalized spacial score (nSPS) is 16.2. The Bertz CT molecular complexity index is 868. The van der Waals surface area contributed by atoms with Crippen molar-refractivity contribution in [3.8, 4) is 0 Å². The number of benzene rings is 1. The molecule has 0 spiro atoms. The molecule has 11 heteroatoms. The standard InChI is InChI=1S/C15H18Cl2N4O3S2/c1-24-9-4-14-18-15(25-19-14)20-5-7-21(8-6-20)26(22,23)11-2-3-12(16)13(17)10-11/h2-3,10H,4-9H2,1H3. The highest BCUT2D eigenvalue weighted by atomic mass is 35.5. The van der Waals surface area contributed by atoms with Crippen LogP contribution in [0.15, 0.2) is 23.1 Å². The monoisotopic (exact) mass is 436 g/mol. The molecule has 0 aliphatic carbocycles. The Morgan fingerprint density at radius 2 is 1.92 bits per heavy atom. The van der Waals surface area contributed by atoms with Crippen molar-refractivity contribution in [3.63, 3.8) is 0 Å². The highest BCUT2D eigenvalue weighted by molar-refractivity contribution is 7.89. The summed E-state index contributed by atoms with van der Waals surface area (Å²) in [7, 11) is -1.96. The zero-order valence-electron chi connectivity index (χ0n) is 14.1. The number of hydrogen-bond acceptors (Lipinski definition) is 7. The second kappa shape index (κ2) is 8.37. The van der Waals surface area contributed by atoms with Crippen LogP contribution in [0.1, 0.15) is 5.82 Å². The van der Waals surface area contributed by atoms with Gasteiger partial charge in [0.15, 0.2) is 0 Å². The molecule has 2 aromatic rings. The van der Waals surface area contributed by atoms with Gasteiger partial charge in [-0.25, -0.2) is 13.4 Å². The molecule has 26 heavy (non-hydrogen) atoms. The minimum absolute atomic E-state index is 0.151. The second-order valence-corrected chi connectivity index (χ2v) is 9.19. The van der Waals surface area contributed by atoms with E-state index in [4.69, 9.17) is 27.9 Å². The van der Waals surface area contributed by atoms with Crippen LogP contribution >= 0.6 is 34.7 Å². The van der Waals surface area contributed by atoms with Gasteiger partial charge in [0, 0.05) is 51.2 Å². The average Bonchev–Trinajstić information content (AvgIpc) is 3.11. The fraction of sp³-hybridized carbons (Fsp3) is 0.467. The molecular weight excluding hydrogens is 419 g/mol. The van der Waals surface area contributed by atoms with E-state index in [0.29, 0.717) is 44.2 Å². The van der Waals surface area contributed by atoms with Gasteiger partial charge in [0.25, 0.3) is 0 Å². The summed E-state index contributed by atoms with van der Waals surface area (Å²) in [6.45, 7) is 2.43. The number of methoxy groups -OCH3 is 1. The first-order valence-corrected chi connectivity index (χ1v) is 10.9. The Balaban J connectivity index is 1.65. The molecule has 1 aliphatic rings. The molecule has 7 nitrogen and oxygen atoms in total. The zero-order valence-corrected chi connectivity index (χ0v) is 17.2. The van der Waals surface area contributed by atoms with Crippen LogP contribution in [0.5, 0.6) is 0 Å². The number of aromatic nitrogens is 2. The van der Waals surface area contributed by atoms with Gasteiger partial charge in [-0.05, 0) is 18.2 Å². The van der Waals surface area contributed by atoms with Crippen LogP contribution in [-0.4, -0.2) is 62.0 Å². The molecule has 0 unspecified atom stereocenters. The number of ether oxygens (including phenoxy) is 1. The molecule has 0 saturated carbocycles. The number of anilines is 1. The maximum Gasteiger partial charge on any atom is 0.243 e. The van der Waals surface area contributed by atoms with Gasteiger partial charge in [-0.2, -0.15) is 8.68 Å². The van der Waals surface area contributed by atoms with Gasteiger partial charge in [0.05, 0.1) is 21.5 Å². The molecule has 0 atom stereocenters. The lowest BCUT2D eigenvalue weighted by molar-refractivity contribution is 0.201. The van der Waals surface area contributed by atoms with Gasteiger partial charge in [-0.1, -0.05) is 23.2 Å². The Morgan fingerprint density at radius 1 is 1.19 bits per heavy atom. The summed E-state index contributed by atoms with van der Waals surface area (Å²) in [4.78, 5) is 6.69. The first kappa shape index (κ1) is 19.8. The number of piperazine rings is 1. The molecule has 0 bridgehead atoms. The van der Waals surface area contributed by atoms with Gasteiger partial charge in [0.1, 0.15) is 5.82 Å². The van der Waals surface area contributed by atoms with Crippen LogP contribution in [0.25, 0.3) is 0 Å². The third-order valence-corrected chi connectivity index (χ3v) is 7.47. The van der Waals surface area contributed by atoms with Crippen LogP contribution in [-0.2, 0) is 21.2 Å². The van der Waals surface area contributed by atoms with Crippen molar-refractivity contribution in [2.24, 2.45) is 0 Å². The molecule has 1 aromatic heterocycles. The van der Waals surface area contributed by atoms with Crippen molar-refractivity contribution in [1.29, 1.82) is 0 Å². The highest BCUT2D eigenvalue weighted by Gasteiger charge is 2.30. The number of sulfonamides is 1. The van der Waals surface area contributed by atoms with Crippen molar-refractivity contribution in [1.82, 2.24) is 13.7 Å². The largest absolute Gasteiger partial charge is 0.384 e. The lowest BCUT2D eigenvalue weighted by atomic mass is 10.4. The minimum Gasteiger partial charge on any atom is -0.384 e. The maximum atomic E-state index is 12.8. The Labute approximate surface area is 166 Å².